The van der Waals surface area contributed by atoms with Gasteiger partial charge in [-0.05, 0) is 0 Å². The summed E-state index contributed by atoms with van der Waals surface area (Å²) >= 11 is 1.43. The van der Waals surface area contributed by atoms with Gasteiger partial charge in [0.2, 0.25) is 0 Å². The molecule has 13 heteroatoms. The van der Waals surface area contributed by atoms with Crippen LogP contribution < -0.4 is 10.6 Å². The molecule has 3 aromatic heterocycles. The molecule has 0 aliphatic carbocycles. The molecule has 1 saturated heterocycles. The SMILES string of the molecule is N#Cc1cnc(Nc2cc(NCC3CN(C(=O)O)CCO3)c(-c3cncs3)nn2)cn1. The van der Waals surface area contributed by atoms with E-state index in [-0.39, 0.29) is 18.3 Å². The molecule has 0 aromatic carbocycles. The number of amides is 1. The standard InChI is InChI=1S/C18H17N9O3S/c19-4-11-5-23-16(8-21-11)24-15-3-13(17(26-25-15)14-7-20-10-31-14)22-6-12-9-27(18(28)29)1-2-30-12/h3,5,7-8,10,12H,1-2,6,9H2,(H,28,29)(H2,22,23,24,25). The Labute approximate surface area is 180 Å². The van der Waals surface area contributed by atoms with E-state index in [0.29, 0.717) is 42.7 Å². The molecule has 1 amide bonds. The van der Waals surface area contributed by atoms with Crippen LogP contribution in [0.4, 0.5) is 22.1 Å². The molecule has 158 valence electrons. The van der Waals surface area contributed by atoms with Crippen molar-refractivity contribution >= 4 is 34.8 Å². The van der Waals surface area contributed by atoms with Gasteiger partial charge < -0.3 is 25.4 Å². The van der Waals surface area contributed by atoms with Crippen molar-refractivity contribution < 1.29 is 14.6 Å². The van der Waals surface area contributed by atoms with Crippen LogP contribution in [0.1, 0.15) is 5.69 Å². The van der Waals surface area contributed by atoms with Crippen molar-refractivity contribution in [1.82, 2.24) is 30.0 Å². The molecule has 0 spiro atoms. The Bertz CT molecular complexity index is 1090. The van der Waals surface area contributed by atoms with Crippen molar-refractivity contribution in [3.8, 4) is 16.6 Å². The number of ether oxygens (including phenoxy) is 1. The molecule has 12 nitrogen and oxygen atoms in total. The highest BCUT2D eigenvalue weighted by atomic mass is 32.1. The zero-order valence-corrected chi connectivity index (χ0v) is 16.9. The Morgan fingerprint density at radius 2 is 2.23 bits per heavy atom. The molecular weight excluding hydrogens is 422 g/mol. The van der Waals surface area contributed by atoms with Crippen LogP contribution >= 0.6 is 11.3 Å². The first-order chi connectivity index (χ1) is 15.1. The van der Waals surface area contributed by atoms with Gasteiger partial charge in [0, 0.05) is 25.4 Å². The molecule has 4 rings (SSSR count). The van der Waals surface area contributed by atoms with Crippen LogP contribution in [0.25, 0.3) is 10.6 Å². The van der Waals surface area contributed by atoms with E-state index in [1.807, 2.05) is 6.07 Å². The number of aromatic nitrogens is 5. The summed E-state index contributed by atoms with van der Waals surface area (Å²) in [6, 6.07) is 3.68. The number of carboxylic acid groups (broad SMARTS) is 1. The fraction of sp³-hybridized carbons (Fsp3) is 0.278. The third-order valence-electron chi connectivity index (χ3n) is 4.41. The molecule has 1 unspecified atom stereocenters. The lowest BCUT2D eigenvalue weighted by molar-refractivity contribution is -0.0147. The summed E-state index contributed by atoms with van der Waals surface area (Å²) in [6.45, 7) is 1.37. The maximum absolute atomic E-state index is 11.2. The Kier molecular flexibility index (Phi) is 6.11. The number of nitrogens with zero attached hydrogens (tertiary/aromatic N) is 7. The van der Waals surface area contributed by atoms with Gasteiger partial charge in [-0.25, -0.2) is 14.8 Å². The zero-order chi connectivity index (χ0) is 21.6. The second-order valence-electron chi connectivity index (χ2n) is 6.48. The van der Waals surface area contributed by atoms with Crippen LogP contribution in [-0.2, 0) is 4.74 Å². The predicted molar refractivity (Wildman–Crippen MR) is 111 cm³/mol. The number of hydrogen-bond acceptors (Lipinski definition) is 11. The molecule has 3 aromatic rings. The van der Waals surface area contributed by atoms with Crippen molar-refractivity contribution in [3.05, 3.63) is 35.9 Å². The number of thiazole rings is 1. The van der Waals surface area contributed by atoms with Crippen molar-refractivity contribution in [1.29, 1.82) is 5.26 Å². The summed E-state index contributed by atoms with van der Waals surface area (Å²) in [5.74, 6) is 0.837. The molecule has 1 fully saturated rings. The van der Waals surface area contributed by atoms with Gasteiger partial charge in [-0.1, -0.05) is 0 Å². The minimum absolute atomic E-state index is 0.211. The van der Waals surface area contributed by atoms with E-state index in [1.54, 1.807) is 17.8 Å². The normalized spacial score (nSPS) is 15.8. The maximum Gasteiger partial charge on any atom is 0.407 e. The minimum atomic E-state index is -0.959. The van der Waals surface area contributed by atoms with Crippen LogP contribution in [0, 0.1) is 11.3 Å². The highest BCUT2D eigenvalue weighted by molar-refractivity contribution is 7.13. The molecule has 0 radical (unpaired) electrons. The van der Waals surface area contributed by atoms with Crippen molar-refractivity contribution in [3.63, 3.8) is 0 Å². The third-order valence-corrected chi connectivity index (χ3v) is 5.19. The third kappa shape index (κ3) is 5.00. The molecule has 3 N–H and O–H groups in total. The van der Waals surface area contributed by atoms with Gasteiger partial charge >= 0.3 is 6.09 Å². The summed E-state index contributed by atoms with van der Waals surface area (Å²) in [5, 5.41) is 32.8. The number of carbonyl (C=O) groups is 1. The summed E-state index contributed by atoms with van der Waals surface area (Å²) in [4.78, 5) is 25.6. The van der Waals surface area contributed by atoms with E-state index in [2.05, 4.69) is 35.8 Å². The van der Waals surface area contributed by atoms with E-state index < -0.39 is 6.09 Å². The summed E-state index contributed by atoms with van der Waals surface area (Å²) in [5.41, 5.74) is 3.21. The van der Waals surface area contributed by atoms with E-state index in [9.17, 15) is 9.90 Å². The second-order valence-corrected chi connectivity index (χ2v) is 7.37. The number of hydrogen-bond donors (Lipinski definition) is 3. The summed E-state index contributed by atoms with van der Waals surface area (Å²) < 4.78 is 5.68. The molecule has 4 heterocycles. The molecular formula is C18H17N9O3S. The number of nitriles is 1. The fourth-order valence-corrected chi connectivity index (χ4v) is 3.54. The van der Waals surface area contributed by atoms with Gasteiger partial charge in [0.15, 0.2) is 11.5 Å². The number of rotatable bonds is 6. The predicted octanol–water partition coefficient (Wildman–Crippen LogP) is 1.80. The monoisotopic (exact) mass is 439 g/mol. The molecule has 0 saturated carbocycles. The molecule has 1 aliphatic heterocycles. The van der Waals surface area contributed by atoms with E-state index in [0.717, 1.165) is 4.88 Å². The smallest absolute Gasteiger partial charge is 0.407 e. The lowest BCUT2D eigenvalue weighted by atomic mass is 10.2. The maximum atomic E-state index is 11.2. The minimum Gasteiger partial charge on any atom is -0.465 e. The largest absolute Gasteiger partial charge is 0.465 e. The van der Waals surface area contributed by atoms with Gasteiger partial charge in [-0.2, -0.15) is 5.26 Å². The zero-order valence-electron chi connectivity index (χ0n) is 16.1. The Morgan fingerprint density at radius 3 is 2.94 bits per heavy atom. The topological polar surface area (TPSA) is 162 Å². The fourth-order valence-electron chi connectivity index (χ4n) is 2.92. The Balaban J connectivity index is 1.52. The van der Waals surface area contributed by atoms with E-state index >= 15 is 0 Å². The van der Waals surface area contributed by atoms with Crippen LogP contribution in [0.2, 0.25) is 0 Å². The lowest BCUT2D eigenvalue weighted by Crippen LogP contribution is -2.47. The van der Waals surface area contributed by atoms with Gasteiger partial charge in [0.05, 0.1) is 47.7 Å². The number of nitrogens with one attached hydrogen (secondary N) is 2. The Hall–Kier alpha value is -3.89. The van der Waals surface area contributed by atoms with E-state index in [1.165, 1.54) is 28.6 Å². The van der Waals surface area contributed by atoms with Crippen LogP contribution in [0.15, 0.2) is 30.2 Å². The second kappa shape index (κ2) is 9.28. The average Bonchev–Trinajstić information content (AvgIpc) is 3.33. The van der Waals surface area contributed by atoms with Crippen molar-refractivity contribution in [2.75, 3.05) is 36.9 Å². The number of morpholine rings is 1. The first-order valence-electron chi connectivity index (χ1n) is 9.21. The van der Waals surface area contributed by atoms with Gasteiger partial charge in [0.1, 0.15) is 17.6 Å². The summed E-state index contributed by atoms with van der Waals surface area (Å²) in [6.07, 6.45) is 3.23. The molecule has 31 heavy (non-hydrogen) atoms. The van der Waals surface area contributed by atoms with Gasteiger partial charge in [-0.3, -0.25) is 4.98 Å². The van der Waals surface area contributed by atoms with Crippen molar-refractivity contribution in [2.45, 2.75) is 6.10 Å². The molecule has 1 atom stereocenters. The quantitative estimate of drug-likeness (QED) is 0.513. The van der Waals surface area contributed by atoms with Crippen molar-refractivity contribution in [2.24, 2.45) is 0 Å². The van der Waals surface area contributed by atoms with Crippen LogP contribution in [0.3, 0.4) is 0 Å². The number of anilines is 3. The van der Waals surface area contributed by atoms with Crippen LogP contribution in [-0.4, -0.2) is 73.6 Å². The first-order valence-corrected chi connectivity index (χ1v) is 10.1. The van der Waals surface area contributed by atoms with Gasteiger partial charge in [0.25, 0.3) is 0 Å². The molecule has 1 aliphatic rings. The first kappa shape index (κ1) is 20.4. The van der Waals surface area contributed by atoms with Gasteiger partial charge in [-0.15, -0.1) is 21.5 Å². The average molecular weight is 439 g/mol. The highest BCUT2D eigenvalue weighted by Gasteiger charge is 2.24. The van der Waals surface area contributed by atoms with E-state index in [4.69, 9.17) is 10.00 Å². The van der Waals surface area contributed by atoms with Crippen LogP contribution in [0.5, 0.6) is 0 Å². The summed E-state index contributed by atoms with van der Waals surface area (Å²) in [7, 11) is 0. The lowest BCUT2D eigenvalue weighted by Gasteiger charge is -2.31. The molecule has 0 bridgehead atoms. The highest BCUT2D eigenvalue weighted by Crippen LogP contribution is 2.30. The Morgan fingerprint density at radius 1 is 1.32 bits per heavy atom.